The van der Waals surface area contributed by atoms with Crippen molar-refractivity contribution in [2.24, 2.45) is 0 Å². The van der Waals surface area contributed by atoms with Gasteiger partial charge in [0.25, 0.3) is 0 Å². The van der Waals surface area contributed by atoms with E-state index in [-0.39, 0.29) is 0 Å². The molecule has 4 nitrogen and oxygen atoms in total. The Kier molecular flexibility index (Phi) is 5.06. The van der Waals surface area contributed by atoms with Crippen LogP contribution in [0.1, 0.15) is 30.9 Å². The van der Waals surface area contributed by atoms with Crippen molar-refractivity contribution in [1.29, 1.82) is 0 Å². The summed E-state index contributed by atoms with van der Waals surface area (Å²) in [5, 5.41) is 3.73. The first-order chi connectivity index (χ1) is 9.93. The topological polar surface area (TPSA) is 47.0 Å². The second kappa shape index (κ2) is 6.62. The maximum atomic E-state index is 6.28. The molecular formula is C15H17BrClN3O. The lowest BCUT2D eigenvalue weighted by Crippen LogP contribution is -1.99. The molecule has 0 amide bonds. The molecule has 2 rings (SSSR count). The first-order valence-corrected chi connectivity index (χ1v) is 7.77. The Morgan fingerprint density at radius 1 is 1.29 bits per heavy atom. The molecule has 0 aliphatic carbocycles. The molecular weight excluding hydrogens is 354 g/mol. The fourth-order valence-electron chi connectivity index (χ4n) is 1.92. The van der Waals surface area contributed by atoms with E-state index >= 15 is 0 Å². The maximum Gasteiger partial charge on any atom is 0.238 e. The minimum Gasteiger partial charge on any atom is -0.437 e. The Hall–Kier alpha value is -1.33. The van der Waals surface area contributed by atoms with Gasteiger partial charge in [-0.15, -0.1) is 0 Å². The van der Waals surface area contributed by atoms with Crippen molar-refractivity contribution in [1.82, 2.24) is 9.97 Å². The highest BCUT2D eigenvalue weighted by molar-refractivity contribution is 9.10. The highest BCUT2D eigenvalue weighted by Gasteiger charge is 2.14. The highest BCUT2D eigenvalue weighted by atomic mass is 79.9. The quantitative estimate of drug-likeness (QED) is 0.807. The van der Waals surface area contributed by atoms with Crippen LogP contribution in [0.25, 0.3) is 0 Å². The predicted octanol–water partition coefficient (Wildman–Crippen LogP) is 5.16. The highest BCUT2D eigenvalue weighted by Crippen LogP contribution is 2.36. The van der Waals surface area contributed by atoms with E-state index in [4.69, 9.17) is 16.3 Å². The van der Waals surface area contributed by atoms with Crippen molar-refractivity contribution in [3.8, 4) is 11.6 Å². The number of ether oxygens (including phenoxy) is 1. The summed E-state index contributed by atoms with van der Waals surface area (Å²) in [7, 11) is 1.79. The van der Waals surface area contributed by atoms with Gasteiger partial charge in [-0.3, -0.25) is 0 Å². The van der Waals surface area contributed by atoms with E-state index in [1.807, 2.05) is 19.1 Å². The first-order valence-electron chi connectivity index (χ1n) is 6.60. The van der Waals surface area contributed by atoms with Crippen molar-refractivity contribution in [2.45, 2.75) is 26.7 Å². The second-order valence-electron chi connectivity index (χ2n) is 4.99. The Morgan fingerprint density at radius 3 is 2.62 bits per heavy atom. The molecule has 21 heavy (non-hydrogen) atoms. The summed E-state index contributed by atoms with van der Waals surface area (Å²) in [6.45, 7) is 6.15. The number of halogens is 2. The van der Waals surface area contributed by atoms with Crippen LogP contribution in [-0.4, -0.2) is 17.0 Å². The Balaban J connectivity index is 2.42. The molecule has 0 aliphatic rings. The molecule has 0 unspecified atom stereocenters. The van der Waals surface area contributed by atoms with Crippen LogP contribution in [0.2, 0.25) is 5.02 Å². The van der Waals surface area contributed by atoms with E-state index in [9.17, 15) is 0 Å². The number of anilines is 1. The molecule has 0 saturated carbocycles. The number of hydrogen-bond acceptors (Lipinski definition) is 4. The van der Waals surface area contributed by atoms with Crippen LogP contribution in [0.15, 0.2) is 22.9 Å². The Bertz CT molecular complexity index is 662. The van der Waals surface area contributed by atoms with E-state index in [2.05, 4.69) is 45.1 Å². The number of benzene rings is 1. The van der Waals surface area contributed by atoms with E-state index in [1.165, 1.54) is 6.33 Å². The summed E-state index contributed by atoms with van der Waals surface area (Å²) in [6, 6.07) is 3.89. The van der Waals surface area contributed by atoms with Crippen LogP contribution >= 0.6 is 27.5 Å². The van der Waals surface area contributed by atoms with E-state index < -0.39 is 0 Å². The summed E-state index contributed by atoms with van der Waals surface area (Å²) in [4.78, 5) is 8.28. The number of nitrogens with one attached hydrogen (secondary N) is 1. The molecule has 0 aliphatic heterocycles. The van der Waals surface area contributed by atoms with Gasteiger partial charge < -0.3 is 10.1 Å². The van der Waals surface area contributed by atoms with Gasteiger partial charge in [0, 0.05) is 12.1 Å². The summed E-state index contributed by atoms with van der Waals surface area (Å²) in [5.41, 5.74) is 2.01. The fourth-order valence-corrected chi connectivity index (χ4v) is 2.84. The Labute approximate surface area is 138 Å². The molecule has 0 spiro atoms. The van der Waals surface area contributed by atoms with Gasteiger partial charge in [0.1, 0.15) is 22.4 Å². The van der Waals surface area contributed by atoms with E-state index in [0.717, 1.165) is 21.9 Å². The fraction of sp³-hybridized carbons (Fsp3) is 0.333. The number of aromatic nitrogens is 2. The van der Waals surface area contributed by atoms with Crippen LogP contribution in [0, 0.1) is 6.92 Å². The van der Waals surface area contributed by atoms with Crippen LogP contribution in [0.3, 0.4) is 0 Å². The number of aryl methyl sites for hydroxylation is 1. The molecule has 1 aromatic carbocycles. The second-order valence-corrected chi connectivity index (χ2v) is 6.19. The third-order valence-electron chi connectivity index (χ3n) is 3.12. The number of rotatable bonds is 4. The molecule has 0 fully saturated rings. The summed E-state index contributed by atoms with van der Waals surface area (Å²) in [5.74, 6) is 2.21. The molecule has 1 heterocycles. The average Bonchev–Trinajstić information content (AvgIpc) is 2.43. The molecule has 0 bridgehead atoms. The van der Waals surface area contributed by atoms with Gasteiger partial charge in [-0.05, 0) is 52.0 Å². The van der Waals surface area contributed by atoms with Crippen LogP contribution < -0.4 is 10.1 Å². The zero-order chi connectivity index (χ0) is 15.6. The molecule has 112 valence electrons. The Morgan fingerprint density at radius 2 is 2.00 bits per heavy atom. The van der Waals surface area contributed by atoms with E-state index in [0.29, 0.717) is 22.1 Å². The average molecular weight is 371 g/mol. The SMILES string of the molecule is CNc1ncnc(Oc2cc(C(C)C)c(Cl)cc2C)c1Br. The third-order valence-corrected chi connectivity index (χ3v) is 4.16. The van der Waals surface area contributed by atoms with Crippen molar-refractivity contribution >= 4 is 33.3 Å². The van der Waals surface area contributed by atoms with Gasteiger partial charge in [0.2, 0.25) is 5.88 Å². The minimum atomic E-state index is 0.321. The lowest BCUT2D eigenvalue weighted by molar-refractivity contribution is 0.454. The zero-order valence-corrected chi connectivity index (χ0v) is 14.7. The smallest absolute Gasteiger partial charge is 0.238 e. The molecule has 0 radical (unpaired) electrons. The normalized spacial score (nSPS) is 10.8. The van der Waals surface area contributed by atoms with Crippen molar-refractivity contribution in [3.05, 3.63) is 39.1 Å². The third kappa shape index (κ3) is 3.47. The molecule has 1 N–H and O–H groups in total. The van der Waals surface area contributed by atoms with Crippen molar-refractivity contribution in [3.63, 3.8) is 0 Å². The van der Waals surface area contributed by atoms with Gasteiger partial charge in [-0.2, -0.15) is 0 Å². The van der Waals surface area contributed by atoms with Gasteiger partial charge in [0.15, 0.2) is 0 Å². The predicted molar refractivity (Wildman–Crippen MR) is 89.6 cm³/mol. The number of hydrogen-bond donors (Lipinski definition) is 1. The molecule has 6 heteroatoms. The largest absolute Gasteiger partial charge is 0.437 e. The van der Waals surface area contributed by atoms with Gasteiger partial charge in [-0.25, -0.2) is 9.97 Å². The van der Waals surface area contributed by atoms with E-state index in [1.54, 1.807) is 7.05 Å². The molecule has 2 aromatic rings. The molecule has 0 saturated heterocycles. The summed E-state index contributed by atoms with van der Waals surface area (Å²) >= 11 is 9.72. The van der Waals surface area contributed by atoms with Gasteiger partial charge in [0.05, 0.1) is 0 Å². The lowest BCUT2D eigenvalue weighted by Gasteiger charge is -2.15. The van der Waals surface area contributed by atoms with Crippen molar-refractivity contribution < 1.29 is 4.74 Å². The standard InChI is InChI=1S/C15H17BrClN3O/c1-8(2)10-6-12(9(3)5-11(10)17)21-15-13(16)14(18-4)19-7-20-15/h5-8H,1-4H3,(H,18,19,20). The van der Waals surface area contributed by atoms with Crippen LogP contribution in [-0.2, 0) is 0 Å². The summed E-state index contributed by atoms with van der Waals surface area (Å²) < 4.78 is 6.62. The first kappa shape index (κ1) is 16.0. The maximum absolute atomic E-state index is 6.28. The van der Waals surface area contributed by atoms with Gasteiger partial charge in [-0.1, -0.05) is 25.4 Å². The van der Waals surface area contributed by atoms with Crippen molar-refractivity contribution in [2.75, 3.05) is 12.4 Å². The van der Waals surface area contributed by atoms with Crippen LogP contribution in [0.4, 0.5) is 5.82 Å². The monoisotopic (exact) mass is 369 g/mol. The zero-order valence-electron chi connectivity index (χ0n) is 12.4. The minimum absolute atomic E-state index is 0.321. The van der Waals surface area contributed by atoms with Gasteiger partial charge >= 0.3 is 0 Å². The summed E-state index contributed by atoms with van der Waals surface area (Å²) in [6.07, 6.45) is 1.46. The lowest BCUT2D eigenvalue weighted by atomic mass is 10.0. The number of nitrogens with zero attached hydrogens (tertiary/aromatic N) is 2. The van der Waals surface area contributed by atoms with Crippen LogP contribution in [0.5, 0.6) is 11.6 Å². The molecule has 1 aromatic heterocycles. The molecule has 0 atom stereocenters.